The van der Waals surface area contributed by atoms with Gasteiger partial charge in [-0.05, 0) is 19.9 Å². The van der Waals surface area contributed by atoms with E-state index < -0.39 is 5.97 Å². The average Bonchev–Trinajstić information content (AvgIpc) is 2.57. The molecular weight excluding hydrogens is 184 g/mol. The minimum absolute atomic E-state index is 0.0709. The molecule has 0 radical (unpaired) electrons. The van der Waals surface area contributed by atoms with Crippen LogP contribution in [0.1, 0.15) is 30.0 Å². The van der Waals surface area contributed by atoms with Gasteiger partial charge in [-0.3, -0.25) is 4.68 Å². The van der Waals surface area contributed by atoms with E-state index in [2.05, 4.69) is 5.10 Å². The zero-order valence-corrected chi connectivity index (χ0v) is 8.36. The van der Waals surface area contributed by atoms with Crippen LogP contribution in [-0.2, 0) is 17.9 Å². The highest BCUT2D eigenvalue weighted by Crippen LogP contribution is 2.06. The van der Waals surface area contributed by atoms with Crippen molar-refractivity contribution in [2.75, 3.05) is 6.61 Å². The number of carboxylic acids is 1. The van der Waals surface area contributed by atoms with Crippen molar-refractivity contribution >= 4 is 5.97 Å². The van der Waals surface area contributed by atoms with Gasteiger partial charge in [-0.15, -0.1) is 0 Å². The van der Waals surface area contributed by atoms with Crippen LogP contribution in [0.15, 0.2) is 6.07 Å². The third-order valence-corrected chi connectivity index (χ3v) is 1.84. The van der Waals surface area contributed by atoms with E-state index >= 15 is 0 Å². The van der Waals surface area contributed by atoms with E-state index in [0.29, 0.717) is 19.8 Å². The molecule has 5 nitrogen and oxygen atoms in total. The Hall–Kier alpha value is -1.36. The molecule has 0 aliphatic heterocycles. The Kier molecular flexibility index (Phi) is 3.64. The molecule has 1 N–H and O–H groups in total. The monoisotopic (exact) mass is 198 g/mol. The molecule has 1 aromatic rings. The lowest BCUT2D eigenvalue weighted by Crippen LogP contribution is -2.05. The van der Waals surface area contributed by atoms with Crippen LogP contribution in [0.3, 0.4) is 0 Å². The number of aromatic carboxylic acids is 1. The Labute approximate surface area is 82.3 Å². The van der Waals surface area contributed by atoms with Gasteiger partial charge in [-0.2, -0.15) is 5.10 Å². The Morgan fingerprint density at radius 3 is 2.86 bits per heavy atom. The summed E-state index contributed by atoms with van der Waals surface area (Å²) in [7, 11) is 0. The molecule has 1 heterocycles. The lowest BCUT2D eigenvalue weighted by atomic mass is 10.3. The van der Waals surface area contributed by atoms with Crippen LogP contribution in [0.25, 0.3) is 0 Å². The maximum atomic E-state index is 10.6. The molecule has 0 unspecified atom stereocenters. The third-order valence-electron chi connectivity index (χ3n) is 1.84. The number of rotatable bonds is 5. The van der Waals surface area contributed by atoms with Crippen LogP contribution < -0.4 is 0 Å². The van der Waals surface area contributed by atoms with Gasteiger partial charge >= 0.3 is 5.97 Å². The summed E-state index contributed by atoms with van der Waals surface area (Å²) >= 11 is 0. The number of carboxylic acid groups (broad SMARTS) is 1. The molecule has 1 aromatic heterocycles. The van der Waals surface area contributed by atoms with Gasteiger partial charge in [-0.1, -0.05) is 0 Å². The summed E-state index contributed by atoms with van der Waals surface area (Å²) in [6, 6.07) is 1.54. The number of hydrogen-bond acceptors (Lipinski definition) is 3. The highest BCUT2D eigenvalue weighted by atomic mass is 16.5. The molecule has 5 heteroatoms. The van der Waals surface area contributed by atoms with Crippen LogP contribution in [0.4, 0.5) is 0 Å². The fourth-order valence-electron chi connectivity index (χ4n) is 1.16. The van der Waals surface area contributed by atoms with Crippen molar-refractivity contribution in [3.8, 4) is 0 Å². The molecule has 0 amide bonds. The molecule has 0 saturated carbocycles. The van der Waals surface area contributed by atoms with Crippen molar-refractivity contribution in [3.63, 3.8) is 0 Å². The summed E-state index contributed by atoms with van der Waals surface area (Å²) in [5.41, 5.74) is 0.869. The molecule has 0 aromatic carbocycles. The average molecular weight is 198 g/mol. The predicted octanol–water partition coefficient (Wildman–Crippen LogP) is 1.14. The lowest BCUT2D eigenvalue weighted by Gasteiger charge is -2.03. The smallest absolute Gasteiger partial charge is 0.356 e. The van der Waals surface area contributed by atoms with Gasteiger partial charge < -0.3 is 9.84 Å². The van der Waals surface area contributed by atoms with Crippen LogP contribution in [0.2, 0.25) is 0 Å². The molecule has 78 valence electrons. The Bertz CT molecular complexity index is 320. The fraction of sp³-hybridized carbons (Fsp3) is 0.556. The van der Waals surface area contributed by atoms with E-state index in [4.69, 9.17) is 9.84 Å². The van der Waals surface area contributed by atoms with Gasteiger partial charge in [0.15, 0.2) is 5.69 Å². The van der Waals surface area contributed by atoms with Crippen LogP contribution in [-0.4, -0.2) is 27.5 Å². The van der Waals surface area contributed by atoms with E-state index in [1.165, 1.54) is 0 Å². The van der Waals surface area contributed by atoms with Crippen molar-refractivity contribution < 1.29 is 14.6 Å². The van der Waals surface area contributed by atoms with Gasteiger partial charge in [0.25, 0.3) is 0 Å². The zero-order chi connectivity index (χ0) is 10.6. The number of aromatic nitrogens is 2. The van der Waals surface area contributed by atoms with Crippen LogP contribution in [0, 0.1) is 0 Å². The summed E-state index contributed by atoms with van der Waals surface area (Å²) < 4.78 is 6.84. The molecule has 0 aliphatic rings. The van der Waals surface area contributed by atoms with Crippen molar-refractivity contribution in [2.24, 2.45) is 0 Å². The second-order valence-electron chi connectivity index (χ2n) is 2.78. The topological polar surface area (TPSA) is 64.3 Å². The summed E-state index contributed by atoms with van der Waals surface area (Å²) in [6.45, 7) is 5.47. The Morgan fingerprint density at radius 1 is 1.64 bits per heavy atom. The van der Waals surface area contributed by atoms with E-state index in [0.717, 1.165) is 5.69 Å². The molecule has 0 bridgehead atoms. The van der Waals surface area contributed by atoms with Gasteiger partial charge in [0.05, 0.1) is 12.3 Å². The first-order valence-corrected chi connectivity index (χ1v) is 4.56. The van der Waals surface area contributed by atoms with Crippen molar-refractivity contribution in [1.29, 1.82) is 0 Å². The molecule has 0 saturated heterocycles. The second kappa shape index (κ2) is 4.76. The summed E-state index contributed by atoms with van der Waals surface area (Å²) in [6.07, 6.45) is 0. The van der Waals surface area contributed by atoms with Crippen molar-refractivity contribution in [3.05, 3.63) is 17.5 Å². The minimum atomic E-state index is -1.00. The predicted molar refractivity (Wildman–Crippen MR) is 50.2 cm³/mol. The number of aryl methyl sites for hydroxylation is 1. The molecule has 0 spiro atoms. The maximum Gasteiger partial charge on any atom is 0.356 e. The number of ether oxygens (including phenoxy) is 1. The lowest BCUT2D eigenvalue weighted by molar-refractivity contribution is 0.0689. The Balaban J connectivity index is 2.85. The van der Waals surface area contributed by atoms with Crippen LogP contribution in [0.5, 0.6) is 0 Å². The van der Waals surface area contributed by atoms with E-state index in [-0.39, 0.29) is 5.69 Å². The molecular formula is C9H14N2O3. The SMILES string of the molecule is CCOCc1cc(C(=O)O)nn1CC. The Morgan fingerprint density at radius 2 is 2.36 bits per heavy atom. The minimum Gasteiger partial charge on any atom is -0.476 e. The molecule has 0 aliphatic carbocycles. The maximum absolute atomic E-state index is 10.6. The highest BCUT2D eigenvalue weighted by molar-refractivity contribution is 5.85. The molecule has 14 heavy (non-hydrogen) atoms. The van der Waals surface area contributed by atoms with Gasteiger partial charge in [0.2, 0.25) is 0 Å². The van der Waals surface area contributed by atoms with E-state index in [1.807, 2.05) is 13.8 Å². The number of nitrogens with zero attached hydrogens (tertiary/aromatic N) is 2. The highest BCUT2D eigenvalue weighted by Gasteiger charge is 2.11. The quantitative estimate of drug-likeness (QED) is 0.770. The fourth-order valence-corrected chi connectivity index (χ4v) is 1.16. The number of carbonyl (C=O) groups is 1. The summed E-state index contributed by atoms with van der Waals surface area (Å²) in [5.74, 6) is -1.00. The van der Waals surface area contributed by atoms with E-state index in [1.54, 1.807) is 10.7 Å². The summed E-state index contributed by atoms with van der Waals surface area (Å²) in [5, 5.41) is 12.6. The summed E-state index contributed by atoms with van der Waals surface area (Å²) in [4.78, 5) is 10.6. The zero-order valence-electron chi connectivity index (χ0n) is 8.36. The number of hydrogen-bond donors (Lipinski definition) is 1. The van der Waals surface area contributed by atoms with Gasteiger partial charge in [0.1, 0.15) is 0 Å². The van der Waals surface area contributed by atoms with Crippen molar-refractivity contribution in [2.45, 2.75) is 27.0 Å². The van der Waals surface area contributed by atoms with Crippen molar-refractivity contribution in [1.82, 2.24) is 9.78 Å². The first-order valence-electron chi connectivity index (χ1n) is 4.56. The molecule has 0 atom stereocenters. The van der Waals surface area contributed by atoms with Crippen LogP contribution >= 0.6 is 0 Å². The van der Waals surface area contributed by atoms with Gasteiger partial charge in [-0.25, -0.2) is 4.79 Å². The second-order valence-corrected chi connectivity index (χ2v) is 2.78. The third kappa shape index (κ3) is 2.32. The normalized spacial score (nSPS) is 10.4. The first-order chi connectivity index (χ1) is 6.69. The largest absolute Gasteiger partial charge is 0.476 e. The molecule has 0 fully saturated rings. The standard InChI is InChI=1S/C9H14N2O3/c1-3-11-7(6-14-4-2)5-8(10-11)9(12)13/h5H,3-4,6H2,1-2H3,(H,12,13). The van der Waals surface area contributed by atoms with E-state index in [9.17, 15) is 4.79 Å². The van der Waals surface area contributed by atoms with Gasteiger partial charge in [0, 0.05) is 13.2 Å². The molecule has 1 rings (SSSR count). The first kappa shape index (κ1) is 10.7.